The van der Waals surface area contributed by atoms with E-state index in [1.807, 2.05) is 30.3 Å². The van der Waals surface area contributed by atoms with E-state index < -0.39 is 6.29 Å². The summed E-state index contributed by atoms with van der Waals surface area (Å²) in [6, 6.07) is 16.4. The third-order valence-corrected chi connectivity index (χ3v) is 4.51. The van der Waals surface area contributed by atoms with Crippen LogP contribution in [0.4, 0.5) is 11.5 Å². The van der Waals surface area contributed by atoms with Crippen LogP contribution in [0.5, 0.6) is 11.5 Å². The van der Waals surface area contributed by atoms with Gasteiger partial charge >= 0.3 is 0 Å². The van der Waals surface area contributed by atoms with Crippen molar-refractivity contribution in [1.82, 2.24) is 15.0 Å². The molecule has 2 aromatic carbocycles. The fourth-order valence-electron chi connectivity index (χ4n) is 2.92. The average Bonchev–Trinajstić information content (AvgIpc) is 2.74. The largest absolute Gasteiger partial charge is 0.486 e. The van der Waals surface area contributed by atoms with E-state index in [2.05, 4.69) is 20.3 Å². The van der Waals surface area contributed by atoms with Gasteiger partial charge in [0.1, 0.15) is 30.3 Å². The molecule has 4 rings (SSSR count). The van der Waals surface area contributed by atoms with Crippen LogP contribution in [0.25, 0.3) is 10.9 Å². The van der Waals surface area contributed by atoms with Crippen LogP contribution in [0.15, 0.2) is 67.1 Å². The molecule has 2 aromatic heterocycles. The lowest BCUT2D eigenvalue weighted by molar-refractivity contribution is 0.000888. The first-order valence-electron chi connectivity index (χ1n) is 9.28. The zero-order valence-corrected chi connectivity index (χ0v) is 16.9. The first-order chi connectivity index (χ1) is 14.6. The van der Waals surface area contributed by atoms with Crippen molar-refractivity contribution >= 4 is 34.0 Å². The van der Waals surface area contributed by atoms with Crippen LogP contribution >= 0.6 is 11.6 Å². The minimum absolute atomic E-state index is 0.323. The summed E-state index contributed by atoms with van der Waals surface area (Å²) in [6.45, 7) is 1.86. The van der Waals surface area contributed by atoms with Gasteiger partial charge in [0.25, 0.3) is 0 Å². The molecule has 1 unspecified atom stereocenters. The lowest BCUT2D eigenvalue weighted by atomic mass is 10.2. The van der Waals surface area contributed by atoms with Gasteiger partial charge < -0.3 is 19.9 Å². The first-order valence-corrected chi connectivity index (χ1v) is 9.65. The molecule has 7 nitrogen and oxygen atoms in total. The van der Waals surface area contributed by atoms with Gasteiger partial charge in [-0.05, 0) is 49.4 Å². The van der Waals surface area contributed by atoms with E-state index in [0.29, 0.717) is 39.8 Å². The van der Waals surface area contributed by atoms with Crippen molar-refractivity contribution in [3.63, 3.8) is 0 Å². The Morgan fingerprint density at radius 1 is 1.03 bits per heavy atom. The summed E-state index contributed by atoms with van der Waals surface area (Å²) in [7, 11) is 0. The summed E-state index contributed by atoms with van der Waals surface area (Å²) in [5, 5.41) is 14.0. The second-order valence-corrected chi connectivity index (χ2v) is 6.88. The maximum absolute atomic E-state index is 9.63. The highest BCUT2D eigenvalue weighted by molar-refractivity contribution is 6.32. The number of aliphatic hydroxyl groups excluding tert-OH is 1. The Labute approximate surface area is 178 Å². The number of nitrogens with one attached hydrogen (secondary N) is 1. The lowest BCUT2D eigenvalue weighted by Crippen LogP contribution is -2.10. The normalized spacial score (nSPS) is 11.8. The molecule has 0 aliphatic heterocycles. The highest BCUT2D eigenvalue weighted by Crippen LogP contribution is 2.34. The molecule has 0 aliphatic carbocycles. The van der Waals surface area contributed by atoms with Crippen LogP contribution < -0.4 is 14.8 Å². The van der Waals surface area contributed by atoms with Gasteiger partial charge in [-0.25, -0.2) is 9.97 Å². The second-order valence-electron chi connectivity index (χ2n) is 6.47. The number of aliphatic hydroxyl groups is 1. The molecule has 2 N–H and O–H groups in total. The number of pyridine rings is 1. The first kappa shape index (κ1) is 19.9. The van der Waals surface area contributed by atoms with Gasteiger partial charge in [-0.15, -0.1) is 0 Å². The van der Waals surface area contributed by atoms with Crippen LogP contribution in [0, 0.1) is 0 Å². The number of ether oxygens (including phenoxy) is 2. The van der Waals surface area contributed by atoms with E-state index in [4.69, 9.17) is 21.1 Å². The molecule has 0 bridgehead atoms. The molecule has 2 heterocycles. The Bertz CT molecular complexity index is 1150. The van der Waals surface area contributed by atoms with E-state index >= 15 is 0 Å². The molecule has 0 aliphatic rings. The molecular weight excluding hydrogens is 404 g/mol. The highest BCUT2D eigenvalue weighted by atomic mass is 35.5. The second kappa shape index (κ2) is 8.94. The Balaban J connectivity index is 1.57. The van der Waals surface area contributed by atoms with Gasteiger partial charge in [-0.3, -0.25) is 4.98 Å². The Morgan fingerprint density at radius 3 is 2.70 bits per heavy atom. The Hall–Kier alpha value is -3.42. The standard InChI is InChI=1S/C22H19ClN4O3/c1-14(28)30-20-7-4-6-18-21(20)22(26-13-25-18)27-15-8-9-19(17(23)11-15)29-12-16-5-2-3-10-24-16/h2-11,13-14,28H,12H2,1H3,(H,25,26,27). The smallest absolute Gasteiger partial charge is 0.194 e. The fraction of sp³-hybridized carbons (Fsp3) is 0.136. The summed E-state index contributed by atoms with van der Waals surface area (Å²) < 4.78 is 11.3. The topological polar surface area (TPSA) is 89.4 Å². The van der Waals surface area contributed by atoms with Crippen LogP contribution in [-0.4, -0.2) is 26.3 Å². The summed E-state index contributed by atoms with van der Waals surface area (Å²) in [5.74, 6) is 1.57. The molecule has 0 spiro atoms. The van der Waals surface area contributed by atoms with Crippen molar-refractivity contribution in [2.24, 2.45) is 0 Å². The Morgan fingerprint density at radius 2 is 1.93 bits per heavy atom. The van der Waals surface area contributed by atoms with Crippen molar-refractivity contribution in [3.05, 3.63) is 77.8 Å². The average molecular weight is 423 g/mol. The molecular formula is C22H19ClN4O3. The van der Waals surface area contributed by atoms with Gasteiger partial charge in [-0.2, -0.15) is 0 Å². The van der Waals surface area contributed by atoms with Gasteiger partial charge in [0, 0.05) is 11.9 Å². The number of nitrogens with zero attached hydrogens (tertiary/aromatic N) is 3. The zero-order valence-electron chi connectivity index (χ0n) is 16.1. The summed E-state index contributed by atoms with van der Waals surface area (Å²) in [6.07, 6.45) is 2.21. The van der Waals surface area contributed by atoms with Gasteiger partial charge in [-0.1, -0.05) is 23.7 Å². The number of rotatable bonds is 7. The molecule has 152 valence electrons. The molecule has 0 fully saturated rings. The van der Waals surface area contributed by atoms with E-state index in [-0.39, 0.29) is 0 Å². The van der Waals surface area contributed by atoms with Crippen LogP contribution in [0.2, 0.25) is 5.02 Å². The number of hydrogen-bond donors (Lipinski definition) is 2. The molecule has 8 heteroatoms. The third kappa shape index (κ3) is 4.59. The quantitative estimate of drug-likeness (QED) is 0.416. The molecule has 0 radical (unpaired) electrons. The number of fused-ring (bicyclic) bond motifs is 1. The number of hydrogen-bond acceptors (Lipinski definition) is 7. The summed E-state index contributed by atoms with van der Waals surface area (Å²) >= 11 is 6.40. The maximum Gasteiger partial charge on any atom is 0.194 e. The number of benzene rings is 2. The molecule has 0 saturated carbocycles. The number of aromatic nitrogens is 3. The van der Waals surface area contributed by atoms with Crippen LogP contribution in [0.3, 0.4) is 0 Å². The van der Waals surface area contributed by atoms with Crippen molar-refractivity contribution in [1.29, 1.82) is 0 Å². The van der Waals surface area contributed by atoms with Crippen molar-refractivity contribution in [2.45, 2.75) is 19.8 Å². The monoisotopic (exact) mass is 422 g/mol. The minimum atomic E-state index is -0.964. The fourth-order valence-corrected chi connectivity index (χ4v) is 3.16. The third-order valence-electron chi connectivity index (χ3n) is 4.22. The van der Waals surface area contributed by atoms with E-state index in [0.717, 1.165) is 11.4 Å². The van der Waals surface area contributed by atoms with Gasteiger partial charge in [0.15, 0.2) is 6.29 Å². The number of halogens is 1. The van der Waals surface area contributed by atoms with E-state index in [9.17, 15) is 5.11 Å². The minimum Gasteiger partial charge on any atom is -0.486 e. The summed E-state index contributed by atoms with van der Waals surface area (Å²) in [4.78, 5) is 12.8. The van der Waals surface area contributed by atoms with Crippen molar-refractivity contribution in [2.75, 3.05) is 5.32 Å². The van der Waals surface area contributed by atoms with Crippen LogP contribution in [-0.2, 0) is 6.61 Å². The number of anilines is 2. The van der Waals surface area contributed by atoms with Crippen molar-refractivity contribution in [3.8, 4) is 11.5 Å². The van der Waals surface area contributed by atoms with Gasteiger partial charge in [0.05, 0.1) is 21.6 Å². The molecule has 4 aromatic rings. The van der Waals surface area contributed by atoms with E-state index in [1.165, 1.54) is 6.33 Å². The Kier molecular flexibility index (Phi) is 5.92. The predicted octanol–water partition coefficient (Wildman–Crippen LogP) is 4.72. The molecule has 0 amide bonds. The molecule has 30 heavy (non-hydrogen) atoms. The molecule has 1 atom stereocenters. The zero-order chi connectivity index (χ0) is 20.9. The van der Waals surface area contributed by atoms with E-state index in [1.54, 1.807) is 37.4 Å². The van der Waals surface area contributed by atoms with Crippen LogP contribution in [0.1, 0.15) is 12.6 Å². The lowest BCUT2D eigenvalue weighted by Gasteiger charge is -2.15. The highest BCUT2D eigenvalue weighted by Gasteiger charge is 2.13. The maximum atomic E-state index is 9.63. The summed E-state index contributed by atoms with van der Waals surface area (Å²) in [5.41, 5.74) is 2.22. The van der Waals surface area contributed by atoms with Crippen molar-refractivity contribution < 1.29 is 14.6 Å². The SMILES string of the molecule is CC(O)Oc1cccc2ncnc(Nc3ccc(OCc4ccccn4)c(Cl)c3)c12. The van der Waals surface area contributed by atoms with Gasteiger partial charge in [0.2, 0.25) is 0 Å². The molecule has 0 saturated heterocycles. The predicted molar refractivity (Wildman–Crippen MR) is 115 cm³/mol.